The summed E-state index contributed by atoms with van der Waals surface area (Å²) in [5, 5.41) is 135. The standard InChI is InChI=1S/C35H56O23/c36-8-20-25(45)27(47)30(50)34(56-20)53-12-4-15(38)13-6-19(31(54-18(13)5-12)11-1-2-14(37)16(39)3-11)55-35-32(58-33-29(49)24(44)17(40)9-52-33)28(48)26(46)21(57-35)10-51-23(43)7-22(41)42/h11-21,24-40,44-50H,1-10H2,(H,41,42)/p+1. The largest absolute Gasteiger partial charge is 0.481 e. The van der Waals surface area contributed by atoms with E-state index in [1.54, 1.807) is 0 Å². The van der Waals surface area contributed by atoms with E-state index in [2.05, 4.69) is 0 Å². The zero-order valence-electron chi connectivity index (χ0n) is 31.3. The molecule has 0 aromatic rings. The normalized spacial score (nSPS) is 50.1. The summed E-state index contributed by atoms with van der Waals surface area (Å²) in [7, 11) is 0. The number of carbonyl (C=O) groups is 2. The average molecular weight is 846 g/mol. The summed E-state index contributed by atoms with van der Waals surface area (Å²) in [5.41, 5.74) is 0. The van der Waals surface area contributed by atoms with E-state index in [1.807, 2.05) is 0 Å². The predicted molar refractivity (Wildman–Crippen MR) is 183 cm³/mol. The van der Waals surface area contributed by atoms with Crippen LogP contribution >= 0.6 is 0 Å². The van der Waals surface area contributed by atoms with Crippen LogP contribution in [0.3, 0.4) is 0 Å². The fraction of sp³-hybridized carbons (Fsp3) is 0.943. The fourth-order valence-electron chi connectivity index (χ4n) is 8.84. The number of carboxylic acid groups (broad SMARTS) is 1. The molecular formula is C35H57O23+. The maximum atomic E-state index is 12.1. The van der Waals surface area contributed by atoms with Crippen molar-refractivity contribution in [2.45, 2.75) is 174 Å². The van der Waals surface area contributed by atoms with Gasteiger partial charge in [-0.05, 0) is 25.7 Å². The van der Waals surface area contributed by atoms with Gasteiger partial charge in [0.05, 0.1) is 43.5 Å². The molecular weight excluding hydrogens is 788 g/mol. The summed E-state index contributed by atoms with van der Waals surface area (Å²) in [6.07, 6.45) is -29.7. The molecule has 0 amide bonds. The summed E-state index contributed by atoms with van der Waals surface area (Å²) >= 11 is 0. The van der Waals surface area contributed by atoms with Gasteiger partial charge in [-0.2, -0.15) is 0 Å². The highest BCUT2D eigenvalue weighted by atomic mass is 16.8. The second-order valence-electron chi connectivity index (χ2n) is 16.1. The van der Waals surface area contributed by atoms with Gasteiger partial charge >= 0.3 is 11.9 Å². The van der Waals surface area contributed by atoms with Crippen LogP contribution in [0, 0.1) is 11.8 Å². The lowest BCUT2D eigenvalue weighted by Crippen LogP contribution is -2.65. The van der Waals surface area contributed by atoms with Crippen molar-refractivity contribution in [1.29, 1.82) is 0 Å². The summed E-state index contributed by atoms with van der Waals surface area (Å²) in [6, 6.07) is 0. The van der Waals surface area contributed by atoms with E-state index in [0.29, 0.717) is 6.42 Å². The molecule has 4 saturated heterocycles. The maximum absolute atomic E-state index is 12.1. The Morgan fingerprint density at radius 3 is 2.02 bits per heavy atom. The zero-order chi connectivity index (χ0) is 42.2. The van der Waals surface area contributed by atoms with Crippen molar-refractivity contribution in [2.75, 3.05) is 19.8 Å². The van der Waals surface area contributed by atoms with Crippen molar-refractivity contribution in [3.63, 3.8) is 0 Å². The van der Waals surface area contributed by atoms with Gasteiger partial charge in [0.1, 0.15) is 86.3 Å². The van der Waals surface area contributed by atoms with E-state index < -0.39 is 179 Å². The van der Waals surface area contributed by atoms with E-state index in [-0.39, 0.29) is 32.1 Å². The number of fused-ring (bicyclic) bond motifs is 1. The number of hydrogen-bond donors (Lipinski definition) is 13. The van der Waals surface area contributed by atoms with Crippen LogP contribution in [0.1, 0.15) is 44.9 Å². The van der Waals surface area contributed by atoms with E-state index in [4.69, 9.17) is 43.0 Å². The highest BCUT2D eigenvalue weighted by Gasteiger charge is 2.57. The van der Waals surface area contributed by atoms with Gasteiger partial charge < -0.3 is 104 Å². The van der Waals surface area contributed by atoms with Crippen molar-refractivity contribution in [3.8, 4) is 0 Å². The molecule has 23 nitrogen and oxygen atoms in total. The second-order valence-corrected chi connectivity index (χ2v) is 16.1. The van der Waals surface area contributed by atoms with Crippen molar-refractivity contribution in [3.05, 3.63) is 0 Å². The van der Waals surface area contributed by atoms with Gasteiger partial charge in [0.15, 0.2) is 31.1 Å². The summed E-state index contributed by atoms with van der Waals surface area (Å²) in [4.78, 5) is 23.1. The van der Waals surface area contributed by atoms with Crippen LogP contribution in [0.2, 0.25) is 0 Å². The first kappa shape index (κ1) is 45.7. The van der Waals surface area contributed by atoms with E-state index in [1.165, 1.54) is 0 Å². The molecule has 2 saturated carbocycles. The Bertz CT molecular complexity index is 1360. The predicted octanol–water partition coefficient (Wildman–Crippen LogP) is -7.19. The second kappa shape index (κ2) is 19.5. The molecule has 23 unspecified atom stereocenters. The maximum Gasteiger partial charge on any atom is 0.317 e. The minimum absolute atomic E-state index is 0.0110. The number of carboxylic acids is 1. The van der Waals surface area contributed by atoms with Crippen molar-refractivity contribution < 1.29 is 114 Å². The van der Waals surface area contributed by atoms with Crippen molar-refractivity contribution >= 4 is 11.9 Å². The highest BCUT2D eigenvalue weighted by Crippen LogP contribution is 2.43. The van der Waals surface area contributed by atoms with Gasteiger partial charge in [-0.1, -0.05) is 0 Å². The number of esters is 1. The van der Waals surface area contributed by atoms with Gasteiger partial charge in [0, 0.05) is 18.8 Å². The molecule has 6 fully saturated rings. The smallest absolute Gasteiger partial charge is 0.317 e. The van der Waals surface area contributed by atoms with Crippen LogP contribution in [0.4, 0.5) is 0 Å². The quantitative estimate of drug-likeness (QED) is 0.0493. The third-order valence-corrected chi connectivity index (χ3v) is 12.1. The van der Waals surface area contributed by atoms with Crippen LogP contribution in [-0.2, 0) is 42.7 Å². The summed E-state index contributed by atoms with van der Waals surface area (Å²) in [5.74, 6) is -3.69. The topological polar surface area (TPSA) is 375 Å². The Kier molecular flexibility index (Phi) is 15.4. The number of aliphatic hydroxyl groups excluding tert-OH is 12. The Balaban J connectivity index is 1.23. The minimum atomic E-state index is -1.92. The average Bonchev–Trinajstić information content (AvgIpc) is 3.18. The Morgan fingerprint density at radius 2 is 1.33 bits per heavy atom. The van der Waals surface area contributed by atoms with Crippen molar-refractivity contribution in [2.24, 2.45) is 11.8 Å². The summed E-state index contributed by atoms with van der Waals surface area (Å²) in [6.45, 7) is -1.90. The summed E-state index contributed by atoms with van der Waals surface area (Å²) < 4.78 is 45.3. The monoisotopic (exact) mass is 845 g/mol. The third kappa shape index (κ3) is 10.1. The Labute approximate surface area is 331 Å². The minimum Gasteiger partial charge on any atom is -0.481 e. The number of ether oxygens (including phenoxy) is 8. The van der Waals surface area contributed by atoms with Crippen molar-refractivity contribution in [1.82, 2.24) is 0 Å². The van der Waals surface area contributed by atoms with Crippen LogP contribution < -0.4 is 0 Å². The molecule has 23 heteroatoms. The third-order valence-electron chi connectivity index (χ3n) is 12.1. The number of rotatable bonds is 12. The molecule has 0 aromatic heterocycles. The lowest BCUT2D eigenvalue weighted by molar-refractivity contribution is -0.383. The number of aliphatic carboxylic acids is 1. The zero-order valence-corrected chi connectivity index (χ0v) is 31.3. The molecule has 14 N–H and O–H groups in total. The van der Waals surface area contributed by atoms with E-state index in [0.717, 1.165) is 0 Å². The van der Waals surface area contributed by atoms with Gasteiger partial charge in [-0.3, -0.25) is 9.59 Å². The van der Waals surface area contributed by atoms with E-state index >= 15 is 0 Å². The molecule has 2 aliphatic carbocycles. The molecule has 0 spiro atoms. The molecule has 23 atom stereocenters. The lowest BCUT2D eigenvalue weighted by Gasteiger charge is -2.50. The first-order valence-corrected chi connectivity index (χ1v) is 19.5. The molecule has 6 rings (SSSR count). The molecule has 334 valence electrons. The number of aliphatic hydroxyl groups is 14. The fourth-order valence-corrected chi connectivity index (χ4v) is 8.84. The first-order chi connectivity index (χ1) is 27.5. The molecule has 0 bridgehead atoms. The van der Waals surface area contributed by atoms with E-state index in [9.17, 15) is 70.9 Å². The van der Waals surface area contributed by atoms with Crippen LogP contribution in [0.15, 0.2) is 0 Å². The van der Waals surface area contributed by atoms with Gasteiger partial charge in [-0.15, -0.1) is 0 Å². The molecule has 0 aromatic carbocycles. The first-order valence-electron chi connectivity index (χ1n) is 19.5. The lowest BCUT2D eigenvalue weighted by atomic mass is 9.72. The highest BCUT2D eigenvalue weighted by molar-refractivity contribution is 5.90. The molecule has 0 radical (unpaired) electrons. The molecule has 58 heavy (non-hydrogen) atoms. The SMILES string of the molecule is O=C(O)CC(=O)OCC1OC(OC2CC3C(O)CC(OC4OC(CO)C(O)C(O)C4O)CC3[OH+]C2C2CCC(O)C(O)C2)C(OC2OCC(O)C(O)C2O)C(O)C1O. The molecule has 4 heterocycles. The van der Waals surface area contributed by atoms with Gasteiger partial charge in [0.25, 0.3) is 0 Å². The number of hydrogen-bond acceptors (Lipinski definition) is 21. The molecule has 6 aliphatic rings. The van der Waals surface area contributed by atoms with Gasteiger partial charge in [0.2, 0.25) is 0 Å². The Hall–Kier alpha value is -1.82. The van der Waals surface area contributed by atoms with Crippen LogP contribution in [0.25, 0.3) is 0 Å². The Morgan fingerprint density at radius 1 is 0.638 bits per heavy atom. The van der Waals surface area contributed by atoms with Crippen LogP contribution in [-0.4, -0.2) is 232 Å². The van der Waals surface area contributed by atoms with Crippen LogP contribution in [0.5, 0.6) is 0 Å². The number of carbonyl (C=O) groups excluding carboxylic acids is 1. The van der Waals surface area contributed by atoms with Gasteiger partial charge in [-0.25, -0.2) is 0 Å². The molecule has 4 aliphatic heterocycles.